The molecule has 0 saturated carbocycles. The highest BCUT2D eigenvalue weighted by Gasteiger charge is 2.35. The maximum absolute atomic E-state index is 14.2. The van der Waals surface area contributed by atoms with E-state index in [1.807, 2.05) is 6.07 Å². The predicted molar refractivity (Wildman–Crippen MR) is 162 cm³/mol. The lowest BCUT2D eigenvalue weighted by atomic mass is 9.98. The number of anilines is 1. The summed E-state index contributed by atoms with van der Waals surface area (Å²) in [5, 5.41) is 21.6. The molecule has 4 heterocycles. The Morgan fingerprint density at radius 3 is 2.63 bits per heavy atom. The van der Waals surface area contributed by atoms with Crippen molar-refractivity contribution >= 4 is 40.0 Å². The van der Waals surface area contributed by atoms with Crippen molar-refractivity contribution in [3.8, 4) is 17.2 Å². The summed E-state index contributed by atoms with van der Waals surface area (Å²) in [6.07, 6.45) is 1.29. The van der Waals surface area contributed by atoms with Crippen molar-refractivity contribution in [3.63, 3.8) is 0 Å². The van der Waals surface area contributed by atoms with Crippen LogP contribution in [-0.4, -0.2) is 54.3 Å². The van der Waals surface area contributed by atoms with Crippen molar-refractivity contribution in [1.29, 1.82) is 5.26 Å². The van der Waals surface area contributed by atoms with E-state index in [-0.39, 0.29) is 33.6 Å². The van der Waals surface area contributed by atoms with Crippen LogP contribution in [0.15, 0.2) is 79.3 Å². The van der Waals surface area contributed by atoms with Gasteiger partial charge in [0.05, 0.1) is 51.4 Å². The number of carbonyl (C=O) groups is 3. The molecule has 1 aliphatic rings. The number of fused-ring (bicyclic) bond motifs is 2. The van der Waals surface area contributed by atoms with Gasteiger partial charge >= 0.3 is 12.3 Å². The van der Waals surface area contributed by atoms with Gasteiger partial charge in [0.25, 0.3) is 0 Å². The third-order valence-electron chi connectivity index (χ3n) is 8.06. The second-order valence-electron chi connectivity index (χ2n) is 10.9. The van der Waals surface area contributed by atoms with Gasteiger partial charge < -0.3 is 24.3 Å². The van der Waals surface area contributed by atoms with Crippen molar-refractivity contribution in [2.75, 3.05) is 11.9 Å². The number of nitriles is 1. The van der Waals surface area contributed by atoms with Gasteiger partial charge in [0.1, 0.15) is 6.07 Å². The van der Waals surface area contributed by atoms with Crippen LogP contribution in [0.1, 0.15) is 40.0 Å². The maximum atomic E-state index is 14.2. The van der Waals surface area contributed by atoms with Crippen LogP contribution >= 0.6 is 0 Å². The van der Waals surface area contributed by atoms with Gasteiger partial charge in [-0.2, -0.15) is 18.4 Å². The molecule has 1 saturated heterocycles. The van der Waals surface area contributed by atoms with Crippen molar-refractivity contribution < 1.29 is 32.7 Å². The summed E-state index contributed by atoms with van der Waals surface area (Å²) < 4.78 is 45.7. The fourth-order valence-corrected chi connectivity index (χ4v) is 5.82. The Bertz CT molecular complexity index is 2120. The van der Waals surface area contributed by atoms with E-state index < -0.39 is 35.6 Å². The second-order valence-corrected chi connectivity index (χ2v) is 10.9. The molecule has 0 unspecified atom stereocenters. The standard InChI is InChI=1S/C33H25F3N6O4/c1-40-18-38-26-15-23(24(16-29(26)40)33(34,35)36)22-5-3-13-42-27(22)9-10-28(42)31(44)19-6-8-25(20(14-19)17-37)39-30(43)11-7-21-4-2-12-41(21)32(45)46/h3,5-11,13-16,18,21H,2,4,12H2,1H3,(H,39,43)(H,45,46)/b11-7+/t21-/m0/s1. The maximum Gasteiger partial charge on any atom is 0.417 e. The van der Waals surface area contributed by atoms with Crippen LogP contribution in [-0.2, 0) is 18.0 Å². The minimum absolute atomic E-state index is 0.0145. The van der Waals surface area contributed by atoms with Crippen LogP contribution in [0.4, 0.5) is 23.7 Å². The lowest BCUT2D eigenvalue weighted by Crippen LogP contribution is -2.33. The first-order valence-corrected chi connectivity index (χ1v) is 14.2. The van der Waals surface area contributed by atoms with Crippen LogP contribution in [0.3, 0.4) is 0 Å². The summed E-state index contributed by atoms with van der Waals surface area (Å²) in [6, 6.07) is 14.3. The average molecular weight is 627 g/mol. The Hall–Kier alpha value is -5.90. The number of pyridine rings is 1. The fraction of sp³-hybridized carbons (Fsp3) is 0.182. The zero-order valence-electron chi connectivity index (χ0n) is 24.2. The molecule has 0 bridgehead atoms. The normalized spacial score (nSPS) is 15.1. The molecule has 1 aliphatic heterocycles. The van der Waals surface area contributed by atoms with E-state index in [1.54, 1.807) is 31.4 Å². The zero-order valence-corrected chi connectivity index (χ0v) is 24.2. The number of nitrogens with one attached hydrogen (secondary N) is 1. The molecule has 1 fully saturated rings. The molecule has 2 amide bonds. The molecule has 46 heavy (non-hydrogen) atoms. The summed E-state index contributed by atoms with van der Waals surface area (Å²) in [5.41, 5.74) is 0.894. The van der Waals surface area contributed by atoms with Crippen LogP contribution < -0.4 is 5.32 Å². The summed E-state index contributed by atoms with van der Waals surface area (Å²) >= 11 is 0. The SMILES string of the molecule is Cn1cnc2cc(-c3cccn4c(C(=O)c5ccc(NC(=O)/C=C/[C@@H]6CCCN6C(=O)O)c(C#N)c5)ccc34)c(C(F)(F)F)cc21. The number of aryl methyl sites for hydroxylation is 1. The van der Waals surface area contributed by atoms with E-state index in [9.17, 15) is 37.9 Å². The number of amides is 2. The first-order chi connectivity index (χ1) is 22.0. The van der Waals surface area contributed by atoms with Gasteiger partial charge in [0.2, 0.25) is 11.7 Å². The van der Waals surface area contributed by atoms with Crippen LogP contribution in [0.5, 0.6) is 0 Å². The van der Waals surface area contributed by atoms with Crippen LogP contribution in [0.2, 0.25) is 0 Å². The molecule has 0 spiro atoms. The molecule has 2 N–H and O–H groups in total. The number of hydrogen-bond donors (Lipinski definition) is 2. The number of alkyl halides is 3. The molecule has 10 nitrogen and oxygen atoms in total. The topological polar surface area (TPSA) is 133 Å². The van der Waals surface area contributed by atoms with Gasteiger partial charge in [-0.25, -0.2) is 9.78 Å². The third kappa shape index (κ3) is 5.45. The van der Waals surface area contributed by atoms with Crippen molar-refractivity contribution in [2.45, 2.75) is 25.1 Å². The van der Waals surface area contributed by atoms with E-state index in [1.165, 1.54) is 62.7 Å². The fourth-order valence-electron chi connectivity index (χ4n) is 5.82. The first-order valence-electron chi connectivity index (χ1n) is 14.2. The quantitative estimate of drug-likeness (QED) is 0.169. The van der Waals surface area contributed by atoms with Crippen molar-refractivity contribution in [2.24, 2.45) is 7.05 Å². The number of likely N-dealkylation sites (tertiary alicyclic amines) is 1. The smallest absolute Gasteiger partial charge is 0.417 e. The molecule has 0 radical (unpaired) electrons. The number of nitrogens with zero attached hydrogens (tertiary/aromatic N) is 5. The van der Waals surface area contributed by atoms with E-state index >= 15 is 0 Å². The number of carboxylic acid groups (broad SMARTS) is 1. The number of hydrogen-bond acceptors (Lipinski definition) is 5. The highest BCUT2D eigenvalue weighted by Crippen LogP contribution is 2.41. The Morgan fingerprint density at radius 1 is 1.09 bits per heavy atom. The summed E-state index contributed by atoms with van der Waals surface area (Å²) in [5.74, 6) is -1.06. The monoisotopic (exact) mass is 626 g/mol. The average Bonchev–Trinajstić information content (AvgIpc) is 3.77. The predicted octanol–water partition coefficient (Wildman–Crippen LogP) is 6.25. The number of carbonyl (C=O) groups excluding carboxylic acids is 2. The van der Waals surface area contributed by atoms with Gasteiger partial charge in [-0.15, -0.1) is 0 Å². The largest absolute Gasteiger partial charge is 0.465 e. The van der Waals surface area contributed by atoms with Gasteiger partial charge in [0.15, 0.2) is 0 Å². The number of ketones is 1. The lowest BCUT2D eigenvalue weighted by molar-refractivity contribution is -0.137. The molecule has 5 aromatic rings. The summed E-state index contributed by atoms with van der Waals surface area (Å²) in [7, 11) is 1.61. The summed E-state index contributed by atoms with van der Waals surface area (Å²) in [6.45, 7) is 0.383. The Kier molecular flexibility index (Phi) is 7.57. The van der Waals surface area contributed by atoms with E-state index in [4.69, 9.17) is 0 Å². The number of rotatable bonds is 6. The third-order valence-corrected chi connectivity index (χ3v) is 8.06. The van der Waals surface area contributed by atoms with E-state index in [0.29, 0.717) is 35.9 Å². The molecular formula is C33H25F3N6O4. The zero-order chi connectivity index (χ0) is 32.7. The Labute approximate surface area is 259 Å². The highest BCUT2D eigenvalue weighted by atomic mass is 19.4. The Morgan fingerprint density at radius 2 is 1.89 bits per heavy atom. The molecule has 232 valence electrons. The van der Waals surface area contributed by atoms with E-state index in [2.05, 4.69) is 10.3 Å². The molecule has 0 aliphatic carbocycles. The van der Waals surface area contributed by atoms with Crippen molar-refractivity contribution in [3.05, 3.63) is 102 Å². The lowest BCUT2D eigenvalue weighted by Gasteiger charge is -2.17. The Balaban J connectivity index is 1.30. The first kappa shape index (κ1) is 30.1. The number of aromatic nitrogens is 3. The molecular weight excluding hydrogens is 601 g/mol. The van der Waals surface area contributed by atoms with Gasteiger partial charge in [0, 0.05) is 37.0 Å². The highest BCUT2D eigenvalue weighted by molar-refractivity contribution is 6.10. The second kappa shape index (κ2) is 11.6. The van der Waals surface area contributed by atoms with Gasteiger partial charge in [-0.1, -0.05) is 12.1 Å². The van der Waals surface area contributed by atoms with Crippen molar-refractivity contribution in [1.82, 2.24) is 18.9 Å². The minimum Gasteiger partial charge on any atom is -0.465 e. The van der Waals surface area contributed by atoms with Gasteiger partial charge in [-0.05, 0) is 66.9 Å². The molecule has 6 rings (SSSR count). The minimum atomic E-state index is -4.65. The van der Waals surface area contributed by atoms with E-state index in [0.717, 1.165) is 6.07 Å². The molecule has 2 aromatic carbocycles. The number of imidazole rings is 1. The number of halogens is 3. The van der Waals surface area contributed by atoms with Crippen LogP contribution in [0.25, 0.3) is 27.7 Å². The molecule has 3 aromatic heterocycles. The van der Waals surface area contributed by atoms with Gasteiger partial charge in [-0.3, -0.25) is 9.59 Å². The van der Waals surface area contributed by atoms with Crippen LogP contribution in [0, 0.1) is 11.3 Å². The molecule has 1 atom stereocenters. The molecule has 13 heteroatoms. The summed E-state index contributed by atoms with van der Waals surface area (Å²) in [4.78, 5) is 43.0. The number of benzene rings is 2.